The van der Waals surface area contributed by atoms with Crippen molar-refractivity contribution < 1.29 is 23.4 Å². The summed E-state index contributed by atoms with van der Waals surface area (Å²) in [5.74, 6) is 0. The first-order valence-corrected chi connectivity index (χ1v) is 4.18. The summed E-state index contributed by atoms with van der Waals surface area (Å²) in [7, 11) is 0. The molecule has 2 N–H and O–H groups in total. The molecule has 86 valence electrons. The highest BCUT2D eigenvalue weighted by Gasteiger charge is 2.30. The largest absolute Gasteiger partial charge is 0.408 e. The lowest BCUT2D eigenvalue weighted by atomic mass is 10.2. The third kappa shape index (κ3) is 3.48. The second-order valence-electron chi connectivity index (χ2n) is 2.96. The molecule has 8 heteroatoms. The van der Waals surface area contributed by atoms with Crippen molar-refractivity contribution in [3.05, 3.63) is 11.9 Å². The minimum Gasteiger partial charge on any atom is -0.396 e. The molecule has 0 saturated heterocycles. The first kappa shape index (κ1) is 11.9. The molecule has 1 aromatic heterocycles. The number of halogens is 3. The van der Waals surface area contributed by atoms with Gasteiger partial charge in [0, 0.05) is 13.0 Å². The Balaban J connectivity index is 2.77. The molecule has 0 fully saturated rings. The Bertz CT molecular complexity index is 313. The molecule has 1 atom stereocenters. The van der Waals surface area contributed by atoms with E-state index in [9.17, 15) is 18.3 Å². The summed E-state index contributed by atoms with van der Waals surface area (Å²) in [4.78, 5) is 0. The summed E-state index contributed by atoms with van der Waals surface area (Å²) in [6.45, 7) is -1.62. The van der Waals surface area contributed by atoms with Gasteiger partial charge in [0.25, 0.3) is 0 Å². The van der Waals surface area contributed by atoms with Crippen LogP contribution in [0.5, 0.6) is 0 Å². The van der Waals surface area contributed by atoms with Gasteiger partial charge >= 0.3 is 6.18 Å². The summed E-state index contributed by atoms with van der Waals surface area (Å²) in [6.07, 6.45) is -4.61. The van der Waals surface area contributed by atoms with Crippen LogP contribution in [0, 0.1) is 0 Å². The summed E-state index contributed by atoms with van der Waals surface area (Å²) >= 11 is 0. The molecular formula is C7H10F3N3O2. The van der Waals surface area contributed by atoms with Crippen LogP contribution in [-0.2, 0) is 6.54 Å². The zero-order chi connectivity index (χ0) is 11.5. The van der Waals surface area contributed by atoms with Crippen molar-refractivity contribution in [2.24, 2.45) is 0 Å². The van der Waals surface area contributed by atoms with Gasteiger partial charge in [0.05, 0.1) is 18.0 Å². The number of hydrogen-bond acceptors (Lipinski definition) is 4. The molecule has 1 unspecified atom stereocenters. The van der Waals surface area contributed by atoms with Crippen LogP contribution in [0.1, 0.15) is 18.2 Å². The minimum atomic E-state index is -4.42. The molecule has 1 rings (SSSR count). The molecule has 0 saturated carbocycles. The van der Waals surface area contributed by atoms with Crippen molar-refractivity contribution in [2.45, 2.75) is 25.2 Å². The number of rotatable bonds is 4. The van der Waals surface area contributed by atoms with Crippen LogP contribution >= 0.6 is 0 Å². The monoisotopic (exact) mass is 225 g/mol. The first-order valence-electron chi connectivity index (χ1n) is 4.18. The highest BCUT2D eigenvalue weighted by atomic mass is 19.4. The van der Waals surface area contributed by atoms with Crippen molar-refractivity contribution in [1.82, 2.24) is 15.0 Å². The van der Waals surface area contributed by atoms with Gasteiger partial charge in [-0.2, -0.15) is 13.2 Å². The van der Waals surface area contributed by atoms with E-state index in [1.165, 1.54) is 0 Å². The molecule has 1 heterocycles. The van der Waals surface area contributed by atoms with Crippen molar-refractivity contribution in [3.8, 4) is 0 Å². The molecule has 0 amide bonds. The maximum absolute atomic E-state index is 12.0. The molecular weight excluding hydrogens is 215 g/mol. The van der Waals surface area contributed by atoms with E-state index in [1.54, 1.807) is 0 Å². The van der Waals surface area contributed by atoms with Gasteiger partial charge in [0.2, 0.25) is 0 Å². The van der Waals surface area contributed by atoms with Gasteiger partial charge in [0.1, 0.15) is 6.54 Å². The number of alkyl halides is 3. The third-order valence-corrected chi connectivity index (χ3v) is 1.72. The third-order valence-electron chi connectivity index (χ3n) is 1.72. The predicted octanol–water partition coefficient (Wildman–Crippen LogP) is 0.256. The Hall–Kier alpha value is -1.15. The SMILES string of the molecule is OCCC(O)c1cnnn1CC(F)(F)F. The second-order valence-corrected chi connectivity index (χ2v) is 2.96. The van der Waals surface area contributed by atoms with Crippen molar-refractivity contribution in [1.29, 1.82) is 0 Å². The average Bonchev–Trinajstić information content (AvgIpc) is 2.49. The topological polar surface area (TPSA) is 71.2 Å². The summed E-state index contributed by atoms with van der Waals surface area (Å²) in [6, 6.07) is 0. The van der Waals surface area contributed by atoms with E-state index in [-0.39, 0.29) is 18.7 Å². The van der Waals surface area contributed by atoms with Crippen molar-refractivity contribution in [2.75, 3.05) is 6.61 Å². The Morgan fingerprint density at radius 2 is 2.13 bits per heavy atom. The average molecular weight is 225 g/mol. The molecule has 0 aliphatic rings. The lowest BCUT2D eigenvalue weighted by Crippen LogP contribution is -2.21. The maximum atomic E-state index is 12.0. The van der Waals surface area contributed by atoms with Crippen LogP contribution < -0.4 is 0 Å². The molecule has 5 nitrogen and oxygen atoms in total. The van der Waals surface area contributed by atoms with E-state index in [1.807, 2.05) is 0 Å². The standard InChI is InChI=1S/C7H10F3N3O2/c8-7(9,10)4-13-5(3-11-12-13)6(15)1-2-14/h3,6,14-15H,1-2,4H2. The van der Waals surface area contributed by atoms with Crippen LogP contribution in [0.2, 0.25) is 0 Å². The molecule has 0 spiro atoms. The van der Waals surface area contributed by atoms with Gasteiger partial charge in [-0.1, -0.05) is 5.21 Å². The van der Waals surface area contributed by atoms with Gasteiger partial charge in [0.15, 0.2) is 0 Å². The van der Waals surface area contributed by atoms with Gasteiger partial charge < -0.3 is 10.2 Å². The zero-order valence-corrected chi connectivity index (χ0v) is 7.65. The highest BCUT2D eigenvalue weighted by molar-refractivity contribution is 4.99. The Morgan fingerprint density at radius 1 is 1.47 bits per heavy atom. The smallest absolute Gasteiger partial charge is 0.396 e. The Labute approximate surface area is 83.1 Å². The number of aliphatic hydroxyl groups is 2. The number of aliphatic hydroxyl groups excluding tert-OH is 2. The fourth-order valence-electron chi connectivity index (χ4n) is 1.09. The molecule has 0 aromatic carbocycles. The van der Waals surface area contributed by atoms with E-state index < -0.39 is 18.8 Å². The number of hydrogen-bond donors (Lipinski definition) is 2. The van der Waals surface area contributed by atoms with E-state index >= 15 is 0 Å². The van der Waals surface area contributed by atoms with Gasteiger partial charge in [-0.05, 0) is 0 Å². The maximum Gasteiger partial charge on any atom is 0.408 e. The second kappa shape index (κ2) is 4.58. The molecule has 0 radical (unpaired) electrons. The van der Waals surface area contributed by atoms with E-state index in [4.69, 9.17) is 5.11 Å². The van der Waals surface area contributed by atoms with Crippen molar-refractivity contribution >= 4 is 0 Å². The zero-order valence-electron chi connectivity index (χ0n) is 7.65. The highest BCUT2D eigenvalue weighted by Crippen LogP contribution is 2.21. The van der Waals surface area contributed by atoms with E-state index in [0.717, 1.165) is 6.20 Å². The van der Waals surface area contributed by atoms with Crippen LogP contribution in [-0.4, -0.2) is 38.0 Å². The normalized spacial score (nSPS) is 14.2. The minimum absolute atomic E-state index is 0.0504. The fourth-order valence-corrected chi connectivity index (χ4v) is 1.09. The number of aromatic nitrogens is 3. The molecule has 0 aliphatic heterocycles. The quantitative estimate of drug-likeness (QED) is 0.770. The van der Waals surface area contributed by atoms with Crippen LogP contribution in [0.15, 0.2) is 6.20 Å². The van der Waals surface area contributed by atoms with E-state index in [2.05, 4.69) is 10.3 Å². The first-order chi connectivity index (χ1) is 6.94. The summed E-state index contributed by atoms with van der Waals surface area (Å²) < 4.78 is 36.7. The Kier molecular flexibility index (Phi) is 3.64. The molecule has 0 aliphatic carbocycles. The van der Waals surface area contributed by atoms with Gasteiger partial charge in [-0.15, -0.1) is 5.10 Å². The Morgan fingerprint density at radius 3 is 2.67 bits per heavy atom. The number of nitrogens with zero attached hydrogens (tertiary/aromatic N) is 3. The fraction of sp³-hybridized carbons (Fsp3) is 0.714. The van der Waals surface area contributed by atoms with Crippen LogP contribution in [0.25, 0.3) is 0 Å². The van der Waals surface area contributed by atoms with Crippen molar-refractivity contribution in [3.63, 3.8) is 0 Å². The van der Waals surface area contributed by atoms with Crippen LogP contribution in [0.4, 0.5) is 13.2 Å². The summed E-state index contributed by atoms with van der Waals surface area (Å²) in [5.41, 5.74) is -0.0543. The molecule has 15 heavy (non-hydrogen) atoms. The molecule has 1 aromatic rings. The summed E-state index contributed by atoms with van der Waals surface area (Å²) in [5, 5.41) is 24.4. The lowest BCUT2D eigenvalue weighted by molar-refractivity contribution is -0.143. The predicted molar refractivity (Wildman–Crippen MR) is 42.7 cm³/mol. The van der Waals surface area contributed by atoms with Gasteiger partial charge in [-0.25, -0.2) is 4.68 Å². The lowest BCUT2D eigenvalue weighted by Gasteiger charge is -2.12. The van der Waals surface area contributed by atoms with Gasteiger partial charge in [-0.3, -0.25) is 0 Å². The van der Waals surface area contributed by atoms with E-state index in [0.29, 0.717) is 4.68 Å². The molecule has 0 bridgehead atoms. The van der Waals surface area contributed by atoms with Crippen LogP contribution in [0.3, 0.4) is 0 Å².